The van der Waals surface area contributed by atoms with Crippen molar-refractivity contribution < 1.29 is 13.7 Å². The van der Waals surface area contributed by atoms with Crippen LogP contribution in [0.3, 0.4) is 0 Å². The largest absolute Gasteiger partial charge is 0.381 e. The van der Waals surface area contributed by atoms with Gasteiger partial charge in [-0.2, -0.15) is 0 Å². The molecule has 0 aliphatic rings. The van der Waals surface area contributed by atoms with Crippen molar-refractivity contribution >= 4 is 11.4 Å². The molecule has 2 rings (SSSR count). The van der Waals surface area contributed by atoms with Crippen molar-refractivity contribution in [2.75, 3.05) is 5.32 Å². The number of anilines is 1. The summed E-state index contributed by atoms with van der Waals surface area (Å²) < 4.78 is 25.9. The van der Waals surface area contributed by atoms with Gasteiger partial charge < -0.3 is 5.32 Å². The Labute approximate surface area is 120 Å². The summed E-state index contributed by atoms with van der Waals surface area (Å²) >= 11 is 0. The molecular formula is C15H14F2N2O2. The Balaban J connectivity index is 2.14. The van der Waals surface area contributed by atoms with Crippen LogP contribution < -0.4 is 5.32 Å². The van der Waals surface area contributed by atoms with Crippen LogP contribution in [0.5, 0.6) is 0 Å². The molecule has 0 fully saturated rings. The molecule has 0 radical (unpaired) electrons. The standard InChI is InChI=1S/C15H14F2N2O2/c1-2-11-4-5-12(8-15(11)19(20)21)18-9-10-3-6-13(16)14(17)7-10/h3-8,18H,2,9H2,1H3. The predicted octanol–water partition coefficient (Wildman–Crippen LogP) is 4.05. The fourth-order valence-corrected chi connectivity index (χ4v) is 2.00. The third kappa shape index (κ3) is 3.53. The maximum absolute atomic E-state index is 13.1. The van der Waals surface area contributed by atoms with Crippen molar-refractivity contribution in [2.45, 2.75) is 19.9 Å². The van der Waals surface area contributed by atoms with Crippen LogP contribution in [0.4, 0.5) is 20.2 Å². The smallest absolute Gasteiger partial charge is 0.274 e. The highest BCUT2D eigenvalue weighted by atomic mass is 19.2. The highest BCUT2D eigenvalue weighted by Gasteiger charge is 2.13. The van der Waals surface area contributed by atoms with E-state index in [1.54, 1.807) is 12.1 Å². The second-order valence-corrected chi connectivity index (χ2v) is 4.56. The Hall–Kier alpha value is -2.50. The van der Waals surface area contributed by atoms with Gasteiger partial charge in [0.05, 0.1) is 4.92 Å². The Morgan fingerprint density at radius 1 is 1.14 bits per heavy atom. The van der Waals surface area contributed by atoms with E-state index < -0.39 is 16.6 Å². The zero-order valence-corrected chi connectivity index (χ0v) is 11.4. The summed E-state index contributed by atoms with van der Waals surface area (Å²) in [6.45, 7) is 2.09. The van der Waals surface area contributed by atoms with Crippen LogP contribution in [-0.2, 0) is 13.0 Å². The fourth-order valence-electron chi connectivity index (χ4n) is 2.00. The molecule has 0 saturated carbocycles. The van der Waals surface area contributed by atoms with Crippen LogP contribution in [0.15, 0.2) is 36.4 Å². The highest BCUT2D eigenvalue weighted by molar-refractivity contribution is 5.55. The van der Waals surface area contributed by atoms with Gasteiger partial charge in [0, 0.05) is 23.9 Å². The molecule has 0 atom stereocenters. The van der Waals surface area contributed by atoms with Crippen LogP contribution in [-0.4, -0.2) is 4.92 Å². The van der Waals surface area contributed by atoms with Gasteiger partial charge >= 0.3 is 0 Å². The number of aryl methyl sites for hydroxylation is 1. The van der Waals surface area contributed by atoms with Gasteiger partial charge in [0.15, 0.2) is 11.6 Å². The van der Waals surface area contributed by atoms with Crippen molar-refractivity contribution in [3.8, 4) is 0 Å². The van der Waals surface area contributed by atoms with Crippen molar-refractivity contribution in [3.63, 3.8) is 0 Å². The number of nitrogens with one attached hydrogen (secondary N) is 1. The first kappa shape index (κ1) is 14.9. The van der Waals surface area contributed by atoms with E-state index in [4.69, 9.17) is 0 Å². The molecule has 6 heteroatoms. The summed E-state index contributed by atoms with van der Waals surface area (Å²) in [5.74, 6) is -1.82. The zero-order chi connectivity index (χ0) is 15.4. The van der Waals surface area contributed by atoms with Crippen LogP contribution in [0, 0.1) is 21.7 Å². The molecule has 110 valence electrons. The topological polar surface area (TPSA) is 55.2 Å². The molecule has 0 amide bonds. The van der Waals surface area contributed by atoms with E-state index in [0.717, 1.165) is 12.1 Å². The number of nitro benzene ring substituents is 1. The van der Waals surface area contributed by atoms with Crippen LogP contribution in [0.25, 0.3) is 0 Å². The number of nitrogens with zero attached hydrogens (tertiary/aromatic N) is 1. The number of rotatable bonds is 5. The highest BCUT2D eigenvalue weighted by Crippen LogP contribution is 2.24. The van der Waals surface area contributed by atoms with Crippen molar-refractivity contribution in [1.82, 2.24) is 0 Å². The summed E-state index contributed by atoms with van der Waals surface area (Å²) in [6.07, 6.45) is 0.569. The maximum Gasteiger partial charge on any atom is 0.274 e. The maximum atomic E-state index is 13.1. The first-order valence-corrected chi connectivity index (χ1v) is 6.46. The predicted molar refractivity (Wildman–Crippen MR) is 76.2 cm³/mol. The molecule has 0 heterocycles. The lowest BCUT2D eigenvalue weighted by molar-refractivity contribution is -0.385. The number of halogens is 2. The SMILES string of the molecule is CCc1ccc(NCc2ccc(F)c(F)c2)cc1[N+](=O)[O-]. The van der Waals surface area contributed by atoms with Gasteiger partial charge in [-0.25, -0.2) is 8.78 Å². The lowest BCUT2D eigenvalue weighted by Gasteiger charge is -2.08. The molecule has 2 aromatic carbocycles. The van der Waals surface area contributed by atoms with E-state index in [9.17, 15) is 18.9 Å². The molecule has 21 heavy (non-hydrogen) atoms. The summed E-state index contributed by atoms with van der Waals surface area (Å²) in [4.78, 5) is 10.5. The summed E-state index contributed by atoms with van der Waals surface area (Å²) in [5.41, 5.74) is 1.81. The van der Waals surface area contributed by atoms with Gasteiger partial charge in [0.1, 0.15) is 0 Å². The van der Waals surface area contributed by atoms with Crippen molar-refractivity contribution in [2.24, 2.45) is 0 Å². The lowest BCUT2D eigenvalue weighted by Crippen LogP contribution is -2.02. The Morgan fingerprint density at radius 2 is 1.90 bits per heavy atom. The second kappa shape index (κ2) is 6.30. The average molecular weight is 292 g/mol. The van der Waals surface area contributed by atoms with Crippen LogP contribution in [0.1, 0.15) is 18.1 Å². The Kier molecular flexibility index (Phi) is 4.47. The molecule has 0 unspecified atom stereocenters. The van der Waals surface area contributed by atoms with E-state index >= 15 is 0 Å². The fraction of sp³-hybridized carbons (Fsp3) is 0.200. The Bertz CT molecular complexity index is 675. The van der Waals surface area contributed by atoms with Gasteiger partial charge in [0.25, 0.3) is 5.69 Å². The minimum absolute atomic E-state index is 0.0489. The first-order valence-electron chi connectivity index (χ1n) is 6.46. The van der Waals surface area contributed by atoms with Crippen molar-refractivity contribution in [3.05, 3.63) is 69.3 Å². The molecule has 4 nitrogen and oxygen atoms in total. The number of benzene rings is 2. The molecule has 0 aliphatic heterocycles. The molecule has 0 bridgehead atoms. The van der Waals surface area contributed by atoms with E-state index in [0.29, 0.717) is 23.2 Å². The molecule has 0 saturated heterocycles. The number of hydrogen-bond donors (Lipinski definition) is 1. The van der Waals surface area contributed by atoms with E-state index in [1.807, 2.05) is 6.92 Å². The van der Waals surface area contributed by atoms with Crippen LogP contribution >= 0.6 is 0 Å². The summed E-state index contributed by atoms with van der Waals surface area (Å²) in [5, 5.41) is 13.9. The lowest BCUT2D eigenvalue weighted by atomic mass is 10.1. The van der Waals surface area contributed by atoms with E-state index in [2.05, 4.69) is 5.32 Å². The second-order valence-electron chi connectivity index (χ2n) is 4.56. The summed E-state index contributed by atoms with van der Waals surface area (Å²) in [7, 11) is 0. The molecule has 0 aromatic heterocycles. The number of hydrogen-bond acceptors (Lipinski definition) is 3. The normalized spacial score (nSPS) is 10.4. The minimum atomic E-state index is -0.915. The van der Waals surface area contributed by atoms with Gasteiger partial charge in [-0.3, -0.25) is 10.1 Å². The van der Waals surface area contributed by atoms with Gasteiger partial charge in [0.2, 0.25) is 0 Å². The minimum Gasteiger partial charge on any atom is -0.381 e. The monoisotopic (exact) mass is 292 g/mol. The van der Waals surface area contributed by atoms with Crippen molar-refractivity contribution in [1.29, 1.82) is 0 Å². The average Bonchev–Trinajstić information content (AvgIpc) is 2.48. The van der Waals surface area contributed by atoms with E-state index in [1.165, 1.54) is 12.1 Å². The zero-order valence-electron chi connectivity index (χ0n) is 11.4. The molecule has 0 spiro atoms. The molecule has 1 N–H and O–H groups in total. The van der Waals surface area contributed by atoms with Gasteiger partial charge in [-0.1, -0.05) is 19.1 Å². The molecular weight excluding hydrogens is 278 g/mol. The third-order valence-corrected chi connectivity index (χ3v) is 3.14. The summed E-state index contributed by atoms with van der Waals surface area (Å²) in [6, 6.07) is 8.46. The van der Waals surface area contributed by atoms with Gasteiger partial charge in [-0.15, -0.1) is 0 Å². The third-order valence-electron chi connectivity index (χ3n) is 3.14. The van der Waals surface area contributed by atoms with Crippen LogP contribution in [0.2, 0.25) is 0 Å². The number of nitro groups is 1. The van der Waals surface area contributed by atoms with Gasteiger partial charge in [-0.05, 0) is 30.2 Å². The molecule has 0 aliphatic carbocycles. The molecule has 2 aromatic rings. The first-order chi connectivity index (χ1) is 10.0. The quantitative estimate of drug-likeness (QED) is 0.668. The Morgan fingerprint density at radius 3 is 2.52 bits per heavy atom. The van der Waals surface area contributed by atoms with E-state index in [-0.39, 0.29) is 12.2 Å².